The summed E-state index contributed by atoms with van der Waals surface area (Å²) in [5.74, 6) is 0.263. The molecule has 10 heteroatoms. The molecule has 1 saturated heterocycles. The molecule has 2 aliphatic heterocycles. The van der Waals surface area contributed by atoms with Gasteiger partial charge < -0.3 is 9.84 Å². The molecule has 1 fully saturated rings. The average molecular weight is 527 g/mol. The molecular weight excluding hydrogens is 493 g/mol. The predicted octanol–water partition coefficient (Wildman–Crippen LogP) is 4.40. The van der Waals surface area contributed by atoms with Crippen molar-refractivity contribution >= 4 is 9.84 Å². The molecule has 1 aromatic heterocycles. The molecule has 3 heterocycles. The number of fused-ring (bicyclic) bond motifs is 1. The fourth-order valence-corrected chi connectivity index (χ4v) is 6.81. The molecule has 198 valence electrons. The standard InChI is InChI=1S/C26H33F3N2O4S/c1-18(15-32)16-36(33,34)17-20-3-5-23(30-14-20)21-4-6-24-22(13-21)7-8-25(35-24)9-11-31(12-10-25)19(2)26(27,28)29/h3-6,13-14,18-19,32H,7-12,15-17H2,1-2H3/t18-,19?/m0/s1. The van der Waals surface area contributed by atoms with Crippen molar-refractivity contribution in [2.24, 2.45) is 5.92 Å². The fraction of sp³-hybridized carbons (Fsp3) is 0.577. The maximum Gasteiger partial charge on any atom is 0.403 e. The van der Waals surface area contributed by atoms with Crippen LogP contribution in [0.2, 0.25) is 0 Å². The van der Waals surface area contributed by atoms with Gasteiger partial charge in [0.05, 0.1) is 17.2 Å². The summed E-state index contributed by atoms with van der Waals surface area (Å²) >= 11 is 0. The van der Waals surface area contributed by atoms with Crippen LogP contribution in [-0.2, 0) is 22.0 Å². The number of rotatable bonds is 7. The Balaban J connectivity index is 1.40. The summed E-state index contributed by atoms with van der Waals surface area (Å²) < 4.78 is 70.2. The van der Waals surface area contributed by atoms with Gasteiger partial charge in [0, 0.05) is 31.5 Å². The first-order valence-corrected chi connectivity index (χ1v) is 14.1. The number of benzene rings is 1. The van der Waals surface area contributed by atoms with E-state index in [1.54, 1.807) is 25.3 Å². The number of nitrogens with zero attached hydrogens (tertiary/aromatic N) is 2. The quantitative estimate of drug-likeness (QED) is 0.576. The number of hydrogen-bond donors (Lipinski definition) is 1. The molecule has 4 rings (SSSR count). The molecule has 2 atom stereocenters. The van der Waals surface area contributed by atoms with Crippen LogP contribution < -0.4 is 4.74 Å². The molecule has 36 heavy (non-hydrogen) atoms. The number of likely N-dealkylation sites (tertiary alicyclic amines) is 1. The van der Waals surface area contributed by atoms with Gasteiger partial charge in [0.1, 0.15) is 17.4 Å². The molecule has 1 spiro atoms. The highest BCUT2D eigenvalue weighted by Crippen LogP contribution is 2.41. The van der Waals surface area contributed by atoms with Gasteiger partial charge >= 0.3 is 6.18 Å². The number of aliphatic hydroxyl groups is 1. The zero-order chi connectivity index (χ0) is 26.1. The third-order valence-corrected chi connectivity index (χ3v) is 9.17. The lowest BCUT2D eigenvalue weighted by molar-refractivity contribution is -0.186. The van der Waals surface area contributed by atoms with Crippen LogP contribution in [0.4, 0.5) is 13.2 Å². The van der Waals surface area contributed by atoms with E-state index >= 15 is 0 Å². The molecule has 6 nitrogen and oxygen atoms in total. The van der Waals surface area contributed by atoms with E-state index in [0.29, 0.717) is 31.5 Å². The van der Waals surface area contributed by atoms with Gasteiger partial charge in [0.25, 0.3) is 0 Å². The van der Waals surface area contributed by atoms with E-state index in [4.69, 9.17) is 9.84 Å². The molecule has 0 radical (unpaired) electrons. The SMILES string of the molecule is CC(N1CCC2(CCc3cc(-c4ccc(CS(=O)(=O)C[C@@H](C)CO)cn4)ccc3O2)CC1)C(F)(F)F. The van der Waals surface area contributed by atoms with Crippen LogP contribution in [0.15, 0.2) is 36.5 Å². The van der Waals surface area contributed by atoms with Crippen LogP contribution in [0, 0.1) is 5.92 Å². The van der Waals surface area contributed by atoms with E-state index in [1.807, 2.05) is 18.2 Å². The number of ether oxygens (including phenoxy) is 1. The number of aryl methyl sites for hydroxylation is 1. The van der Waals surface area contributed by atoms with Crippen molar-refractivity contribution in [1.29, 1.82) is 0 Å². The average Bonchev–Trinajstić information content (AvgIpc) is 2.83. The van der Waals surface area contributed by atoms with Crippen molar-refractivity contribution in [3.05, 3.63) is 47.7 Å². The predicted molar refractivity (Wildman–Crippen MR) is 131 cm³/mol. The van der Waals surface area contributed by atoms with Gasteiger partial charge in [0.2, 0.25) is 0 Å². The Bertz CT molecular complexity index is 1160. The van der Waals surface area contributed by atoms with Gasteiger partial charge in [-0.15, -0.1) is 0 Å². The van der Waals surface area contributed by atoms with E-state index in [1.165, 1.54) is 11.8 Å². The molecule has 1 aromatic carbocycles. The summed E-state index contributed by atoms with van der Waals surface area (Å²) in [6.07, 6.45) is 0.0118. The number of pyridine rings is 1. The minimum absolute atomic E-state index is 0.0725. The third-order valence-electron chi connectivity index (χ3n) is 7.32. The van der Waals surface area contributed by atoms with Crippen LogP contribution in [0.25, 0.3) is 11.3 Å². The van der Waals surface area contributed by atoms with Crippen LogP contribution in [0.1, 0.15) is 44.2 Å². The summed E-state index contributed by atoms with van der Waals surface area (Å²) in [5.41, 5.74) is 2.83. The molecule has 0 aliphatic carbocycles. The van der Waals surface area contributed by atoms with Crippen LogP contribution >= 0.6 is 0 Å². The van der Waals surface area contributed by atoms with Crippen molar-refractivity contribution < 1.29 is 31.4 Å². The Hall–Kier alpha value is -2.17. The molecule has 2 aliphatic rings. The Kier molecular flexibility index (Phi) is 7.69. The minimum atomic E-state index is -4.22. The zero-order valence-electron chi connectivity index (χ0n) is 20.6. The van der Waals surface area contributed by atoms with Gasteiger partial charge in [-0.3, -0.25) is 9.88 Å². The Morgan fingerprint density at radius 3 is 2.47 bits per heavy atom. The van der Waals surface area contributed by atoms with E-state index in [-0.39, 0.29) is 24.0 Å². The van der Waals surface area contributed by atoms with Crippen molar-refractivity contribution in [2.45, 2.75) is 63.1 Å². The summed E-state index contributed by atoms with van der Waals surface area (Å²) in [5, 5.41) is 9.12. The molecule has 0 saturated carbocycles. The van der Waals surface area contributed by atoms with Crippen LogP contribution in [-0.4, -0.2) is 66.7 Å². The number of sulfone groups is 1. The smallest absolute Gasteiger partial charge is 0.403 e. The summed E-state index contributed by atoms with van der Waals surface area (Å²) in [6, 6.07) is 7.92. The highest BCUT2D eigenvalue weighted by atomic mass is 32.2. The highest BCUT2D eigenvalue weighted by Gasteiger charge is 2.45. The molecular formula is C26H33F3N2O4S. The van der Waals surface area contributed by atoms with Crippen LogP contribution in [0.3, 0.4) is 0 Å². The number of alkyl halides is 3. The zero-order valence-corrected chi connectivity index (χ0v) is 21.4. The van der Waals surface area contributed by atoms with Gasteiger partial charge in [-0.2, -0.15) is 13.2 Å². The number of aliphatic hydroxyl groups excluding tert-OH is 1. The first kappa shape index (κ1) is 26.9. The van der Waals surface area contributed by atoms with Crippen LogP contribution in [0.5, 0.6) is 5.75 Å². The molecule has 1 unspecified atom stereocenters. The van der Waals surface area contributed by atoms with E-state index in [9.17, 15) is 21.6 Å². The van der Waals surface area contributed by atoms with Crippen molar-refractivity contribution in [1.82, 2.24) is 9.88 Å². The largest absolute Gasteiger partial charge is 0.487 e. The topological polar surface area (TPSA) is 79.7 Å². The number of piperidine rings is 1. The van der Waals surface area contributed by atoms with E-state index < -0.39 is 27.7 Å². The summed E-state index contributed by atoms with van der Waals surface area (Å²) in [4.78, 5) is 5.94. The Morgan fingerprint density at radius 2 is 1.86 bits per heavy atom. The Morgan fingerprint density at radius 1 is 1.14 bits per heavy atom. The van der Waals surface area contributed by atoms with Gasteiger partial charge in [-0.25, -0.2) is 8.42 Å². The van der Waals surface area contributed by atoms with Crippen molar-refractivity contribution in [3.63, 3.8) is 0 Å². The normalized spacial score (nSPS) is 19.9. The fourth-order valence-electron chi connectivity index (χ4n) is 5.04. The molecule has 1 N–H and O–H groups in total. The van der Waals surface area contributed by atoms with Gasteiger partial charge in [-0.05, 0) is 73.9 Å². The molecule has 0 amide bonds. The minimum Gasteiger partial charge on any atom is -0.487 e. The lowest BCUT2D eigenvalue weighted by Crippen LogP contribution is -2.54. The summed E-state index contributed by atoms with van der Waals surface area (Å²) in [6.45, 7) is 3.46. The van der Waals surface area contributed by atoms with Crippen molar-refractivity contribution in [3.8, 4) is 17.0 Å². The summed E-state index contributed by atoms with van der Waals surface area (Å²) in [7, 11) is -3.34. The number of aromatic nitrogens is 1. The maximum atomic E-state index is 13.1. The lowest BCUT2D eigenvalue weighted by atomic mass is 9.82. The lowest BCUT2D eigenvalue weighted by Gasteiger charge is -2.46. The second kappa shape index (κ2) is 10.3. The van der Waals surface area contributed by atoms with Crippen molar-refractivity contribution in [2.75, 3.05) is 25.4 Å². The first-order chi connectivity index (χ1) is 16.9. The molecule has 2 aromatic rings. The monoisotopic (exact) mass is 526 g/mol. The number of halogens is 3. The van der Waals surface area contributed by atoms with E-state index in [0.717, 1.165) is 35.4 Å². The third kappa shape index (κ3) is 6.20. The molecule has 0 bridgehead atoms. The van der Waals surface area contributed by atoms with Gasteiger partial charge in [0.15, 0.2) is 9.84 Å². The van der Waals surface area contributed by atoms with Gasteiger partial charge in [-0.1, -0.05) is 13.0 Å². The first-order valence-electron chi connectivity index (χ1n) is 12.3. The second-order valence-electron chi connectivity index (χ2n) is 10.3. The second-order valence-corrected chi connectivity index (χ2v) is 12.4. The Labute approximate surface area is 210 Å². The highest BCUT2D eigenvalue weighted by molar-refractivity contribution is 7.90. The van der Waals surface area contributed by atoms with E-state index in [2.05, 4.69) is 4.98 Å². The number of hydrogen-bond acceptors (Lipinski definition) is 6. The maximum absolute atomic E-state index is 13.1.